The van der Waals surface area contributed by atoms with Gasteiger partial charge in [0.05, 0.1) is 119 Å². The SMILES string of the molecule is CC(C)(C)OC(=O)CC[C@H](NC(=O)N[C@@H](CCCCNC(=O)COCCOCCOCCOCCOCCOCCOCCOCCOCCOCC(=O)NCCCC[C@H](NC(=O)CCCN1C(=O)C=CC1=O)C(=O)ON1C(=O)CCC1=O)C(=O)OC(C)(C)C)C(=O)OC(C)(C)C. The lowest BCUT2D eigenvalue weighted by Crippen LogP contribution is -2.53. The van der Waals surface area contributed by atoms with Gasteiger partial charge in [0.1, 0.15) is 48.1 Å². The van der Waals surface area contributed by atoms with Crippen LogP contribution >= 0.6 is 0 Å². The smallest absolute Gasteiger partial charge is 0.355 e. The number of carbonyl (C=O) groups excluding carboxylic acids is 12. The Hall–Kier alpha value is -6.82. The van der Waals surface area contributed by atoms with E-state index in [-0.39, 0.29) is 122 Å². The van der Waals surface area contributed by atoms with E-state index in [1.165, 1.54) is 0 Å². The molecule has 0 saturated carbocycles. The Morgan fingerprint density at radius 1 is 0.402 bits per heavy atom. The molecule has 0 spiro atoms. The third-order valence-electron chi connectivity index (χ3n) is 12.8. The van der Waals surface area contributed by atoms with Crippen LogP contribution in [0.15, 0.2) is 12.2 Å². The molecule has 1 fully saturated rings. The van der Waals surface area contributed by atoms with Gasteiger partial charge in [-0.25, -0.2) is 19.2 Å². The predicted octanol–water partition coefficient (Wildman–Crippen LogP) is 1.36. The molecule has 2 aliphatic heterocycles. The van der Waals surface area contributed by atoms with Crippen molar-refractivity contribution in [3.63, 3.8) is 0 Å². The fourth-order valence-corrected chi connectivity index (χ4v) is 8.34. The van der Waals surface area contributed by atoms with Crippen molar-refractivity contribution in [1.82, 2.24) is 36.5 Å². The molecule has 5 N–H and O–H groups in total. The van der Waals surface area contributed by atoms with Crippen molar-refractivity contribution in [2.75, 3.05) is 152 Å². The van der Waals surface area contributed by atoms with Gasteiger partial charge in [-0.1, -0.05) is 0 Å². The topological polar surface area (TPSA) is 401 Å². The second kappa shape index (κ2) is 49.7. The molecule has 0 unspecified atom stereocenters. The number of carbonyl (C=O) groups is 12. The van der Waals surface area contributed by atoms with Crippen LogP contribution in [-0.4, -0.2) is 268 Å². The van der Waals surface area contributed by atoms with E-state index < -0.39 is 94.4 Å². The molecule has 33 nitrogen and oxygen atoms in total. The van der Waals surface area contributed by atoms with Gasteiger partial charge in [0.2, 0.25) is 17.7 Å². The lowest BCUT2D eigenvalue weighted by atomic mass is 10.1. The highest BCUT2D eigenvalue weighted by Gasteiger charge is 2.36. The molecule has 0 radical (unpaired) electrons. The number of esters is 3. The molecule has 0 aromatic rings. The number of hydroxylamine groups is 2. The number of amides is 9. The van der Waals surface area contributed by atoms with Gasteiger partial charge in [-0.05, 0) is 114 Å². The standard InChI is InChI=1S/C64H107N7O26/c1-62(2,3)94-57(79)23-18-49(59(81)96-64(7,8)9)69-61(83)68-47(58(80)95-63(4,5)6)15-10-12-24-65-51(73)45-92-43-41-90-39-37-88-35-33-86-31-29-84-27-28-85-30-32-87-34-36-89-38-40-91-42-44-93-46-52(74)66-25-13-11-16-48(60(82)97-71-55(77)21-22-56(71)78)67-50(72)17-14-26-70-53(75)19-20-54(70)76/h19-20,47-49H,10-18,21-46H2,1-9H3,(H,65,73)(H,66,74)(H,67,72)(H2,68,69,83)/t47-,48-,49-/m0/s1. The summed E-state index contributed by atoms with van der Waals surface area (Å²) in [5.41, 5.74) is -2.46. The lowest BCUT2D eigenvalue weighted by Gasteiger charge is -2.27. The van der Waals surface area contributed by atoms with Crippen LogP contribution in [0.5, 0.6) is 0 Å². The van der Waals surface area contributed by atoms with Gasteiger partial charge in [-0.3, -0.25) is 43.3 Å². The molecule has 1 saturated heterocycles. The Morgan fingerprint density at radius 3 is 1.10 bits per heavy atom. The number of nitrogens with one attached hydrogen (secondary N) is 5. The minimum Gasteiger partial charge on any atom is -0.460 e. The molecule has 2 rings (SSSR count). The maximum atomic E-state index is 13.2. The molecule has 0 aromatic carbocycles. The molecule has 3 atom stereocenters. The van der Waals surface area contributed by atoms with Crippen molar-refractivity contribution < 1.29 is 124 Å². The Labute approximate surface area is 568 Å². The molecule has 0 aliphatic carbocycles. The number of imide groups is 2. The minimum atomic E-state index is -1.21. The second-order valence-electron chi connectivity index (χ2n) is 25.0. The molecule has 554 valence electrons. The van der Waals surface area contributed by atoms with Gasteiger partial charge < -0.3 is 93.0 Å². The maximum absolute atomic E-state index is 13.2. The first kappa shape index (κ1) is 86.3. The van der Waals surface area contributed by atoms with Gasteiger partial charge in [-0.2, -0.15) is 0 Å². The first-order chi connectivity index (χ1) is 46.0. The normalized spacial score (nSPS) is 14.3. The summed E-state index contributed by atoms with van der Waals surface area (Å²) in [6, 6.07) is -4.34. The van der Waals surface area contributed by atoms with E-state index >= 15 is 0 Å². The van der Waals surface area contributed by atoms with Crippen molar-refractivity contribution in [1.29, 1.82) is 0 Å². The Bertz CT molecular complexity index is 2410. The average Bonchev–Trinajstić information content (AvgIpc) is 1.82. The first-order valence-corrected chi connectivity index (χ1v) is 33.0. The van der Waals surface area contributed by atoms with Crippen LogP contribution in [0.3, 0.4) is 0 Å². The molecule has 2 heterocycles. The number of unbranched alkanes of at least 4 members (excludes halogenated alkanes) is 2. The molecule has 2 aliphatic rings. The molecular weight excluding hydrogens is 1280 g/mol. The highest BCUT2D eigenvalue weighted by Crippen LogP contribution is 2.17. The summed E-state index contributed by atoms with van der Waals surface area (Å²) in [7, 11) is 0. The zero-order valence-corrected chi connectivity index (χ0v) is 58.1. The highest BCUT2D eigenvalue weighted by atomic mass is 16.7. The van der Waals surface area contributed by atoms with Crippen LogP contribution in [0.25, 0.3) is 0 Å². The summed E-state index contributed by atoms with van der Waals surface area (Å²) < 4.78 is 71.1. The number of hydrogen-bond donors (Lipinski definition) is 5. The van der Waals surface area contributed by atoms with E-state index in [0.29, 0.717) is 123 Å². The van der Waals surface area contributed by atoms with Gasteiger partial charge in [-0.15, -0.1) is 5.06 Å². The van der Waals surface area contributed by atoms with Crippen molar-refractivity contribution >= 4 is 71.3 Å². The Kier molecular flexibility index (Phi) is 44.2. The second-order valence-corrected chi connectivity index (χ2v) is 25.0. The first-order valence-electron chi connectivity index (χ1n) is 33.0. The molecule has 0 bridgehead atoms. The van der Waals surface area contributed by atoms with Crippen LogP contribution in [0.2, 0.25) is 0 Å². The van der Waals surface area contributed by atoms with E-state index in [1.807, 2.05) is 0 Å². The van der Waals surface area contributed by atoms with Crippen molar-refractivity contribution in [3.8, 4) is 0 Å². The molecular formula is C64H107N7O26. The largest absolute Gasteiger partial charge is 0.460 e. The van der Waals surface area contributed by atoms with Crippen molar-refractivity contribution in [2.24, 2.45) is 0 Å². The van der Waals surface area contributed by atoms with Gasteiger partial charge in [0.15, 0.2) is 0 Å². The van der Waals surface area contributed by atoms with Crippen molar-refractivity contribution in [3.05, 3.63) is 12.2 Å². The summed E-state index contributed by atoms with van der Waals surface area (Å²) in [6.45, 7) is 21.4. The Morgan fingerprint density at radius 2 is 0.742 bits per heavy atom. The van der Waals surface area contributed by atoms with E-state index in [0.717, 1.165) is 17.1 Å². The maximum Gasteiger partial charge on any atom is 0.355 e. The van der Waals surface area contributed by atoms with E-state index in [4.69, 9.17) is 66.4 Å². The molecule has 9 amide bonds. The Balaban J connectivity index is 1.38. The van der Waals surface area contributed by atoms with Crippen LogP contribution < -0.4 is 26.6 Å². The van der Waals surface area contributed by atoms with E-state index in [2.05, 4.69) is 26.6 Å². The zero-order chi connectivity index (χ0) is 71.9. The molecule has 33 heteroatoms. The van der Waals surface area contributed by atoms with Crippen LogP contribution in [0.1, 0.15) is 139 Å². The number of ether oxygens (including phenoxy) is 13. The fourth-order valence-electron chi connectivity index (χ4n) is 8.34. The van der Waals surface area contributed by atoms with Gasteiger partial charge >= 0.3 is 29.9 Å². The number of nitrogens with zero attached hydrogens (tertiary/aromatic N) is 2. The third-order valence-corrected chi connectivity index (χ3v) is 12.8. The quantitative estimate of drug-likeness (QED) is 0.0248. The number of rotatable bonds is 55. The number of urea groups is 1. The van der Waals surface area contributed by atoms with Crippen LogP contribution in [0.4, 0.5) is 4.79 Å². The third kappa shape index (κ3) is 45.4. The average molecular weight is 1390 g/mol. The van der Waals surface area contributed by atoms with Gasteiger partial charge in [0, 0.05) is 57.5 Å². The summed E-state index contributed by atoms with van der Waals surface area (Å²) in [4.78, 5) is 155. The minimum absolute atomic E-state index is 0.00659. The summed E-state index contributed by atoms with van der Waals surface area (Å²) in [5, 5.41) is 13.5. The summed E-state index contributed by atoms with van der Waals surface area (Å²) >= 11 is 0. The lowest BCUT2D eigenvalue weighted by molar-refractivity contribution is -0.199. The monoisotopic (exact) mass is 1390 g/mol. The predicted molar refractivity (Wildman–Crippen MR) is 342 cm³/mol. The molecule has 97 heavy (non-hydrogen) atoms. The summed E-state index contributed by atoms with van der Waals surface area (Å²) in [6.07, 6.45) is 3.68. The summed E-state index contributed by atoms with van der Waals surface area (Å²) in [5.74, 6) is -6.57. The molecule has 0 aromatic heterocycles. The fraction of sp³-hybridized carbons (Fsp3) is 0.781. The zero-order valence-electron chi connectivity index (χ0n) is 58.1. The van der Waals surface area contributed by atoms with Crippen LogP contribution in [0, 0.1) is 0 Å². The van der Waals surface area contributed by atoms with Gasteiger partial charge in [0.25, 0.3) is 23.6 Å². The number of hydrogen-bond acceptors (Lipinski definition) is 26. The highest BCUT2D eigenvalue weighted by molar-refractivity contribution is 6.12. The van der Waals surface area contributed by atoms with Crippen molar-refractivity contribution in [2.45, 2.75) is 174 Å². The van der Waals surface area contributed by atoms with E-state index in [9.17, 15) is 57.5 Å². The van der Waals surface area contributed by atoms with E-state index in [1.54, 1.807) is 62.3 Å². The van der Waals surface area contributed by atoms with Crippen LogP contribution in [-0.2, 0) is 119 Å².